The van der Waals surface area contributed by atoms with Crippen LogP contribution in [-0.4, -0.2) is 47.7 Å². The molecule has 3 atom stereocenters. The van der Waals surface area contributed by atoms with Gasteiger partial charge in [-0.05, 0) is 44.4 Å². The number of hydrogen-bond donors (Lipinski definition) is 0. The number of thiazole rings is 1. The van der Waals surface area contributed by atoms with Crippen LogP contribution in [0.1, 0.15) is 42.8 Å². The van der Waals surface area contributed by atoms with Crippen molar-refractivity contribution in [3.05, 3.63) is 16.1 Å². The maximum atomic E-state index is 12.5. The number of hydrogen-bond acceptors (Lipinski definition) is 5. The summed E-state index contributed by atoms with van der Waals surface area (Å²) in [7, 11) is 0. The van der Waals surface area contributed by atoms with Gasteiger partial charge in [-0.3, -0.25) is 4.79 Å². The van der Waals surface area contributed by atoms with Gasteiger partial charge in [0.1, 0.15) is 0 Å². The number of ether oxygens (including phenoxy) is 2. The Morgan fingerprint density at radius 2 is 2.29 bits per heavy atom. The Morgan fingerprint density at radius 1 is 1.42 bits per heavy atom. The van der Waals surface area contributed by atoms with Gasteiger partial charge in [0.25, 0.3) is 0 Å². The third-order valence-corrected chi connectivity index (χ3v) is 6.21. The summed E-state index contributed by atoms with van der Waals surface area (Å²) in [6.07, 6.45) is 5.43. The second kappa shape index (κ2) is 7.10. The molecular weight excluding hydrogens is 324 g/mol. The first-order chi connectivity index (χ1) is 11.7. The fourth-order valence-electron chi connectivity index (χ4n) is 3.99. The third kappa shape index (κ3) is 3.81. The van der Waals surface area contributed by atoms with E-state index in [0.29, 0.717) is 31.0 Å². The van der Waals surface area contributed by atoms with E-state index in [-0.39, 0.29) is 12.1 Å². The topological polar surface area (TPSA) is 51.7 Å². The van der Waals surface area contributed by atoms with E-state index in [2.05, 4.69) is 15.3 Å². The molecule has 0 N–H and O–H groups in total. The summed E-state index contributed by atoms with van der Waals surface area (Å²) in [4.78, 5) is 19.1. The van der Waals surface area contributed by atoms with Crippen LogP contribution in [0.2, 0.25) is 0 Å². The zero-order chi connectivity index (χ0) is 16.5. The van der Waals surface area contributed by atoms with Gasteiger partial charge in [0.15, 0.2) is 0 Å². The third-order valence-electron chi connectivity index (χ3n) is 5.38. The predicted octanol–water partition coefficient (Wildman–Crippen LogP) is 2.77. The highest BCUT2D eigenvalue weighted by Crippen LogP contribution is 2.37. The van der Waals surface area contributed by atoms with E-state index in [9.17, 15) is 4.79 Å². The van der Waals surface area contributed by atoms with E-state index in [1.807, 2.05) is 6.92 Å². The van der Waals surface area contributed by atoms with Crippen molar-refractivity contribution in [1.82, 2.24) is 9.88 Å². The predicted molar refractivity (Wildman–Crippen MR) is 91.8 cm³/mol. The van der Waals surface area contributed by atoms with Crippen LogP contribution in [0.15, 0.2) is 5.38 Å². The molecule has 0 radical (unpaired) electrons. The number of aromatic nitrogens is 1. The number of morpholine rings is 1. The Labute approximate surface area is 147 Å². The zero-order valence-corrected chi connectivity index (χ0v) is 15.1. The lowest BCUT2D eigenvalue weighted by molar-refractivity contribution is -0.144. The molecule has 1 aromatic rings. The highest BCUT2D eigenvalue weighted by Gasteiger charge is 2.43. The molecule has 2 aliphatic carbocycles. The highest BCUT2D eigenvalue weighted by molar-refractivity contribution is 7.09. The van der Waals surface area contributed by atoms with Crippen LogP contribution in [0.3, 0.4) is 0 Å². The van der Waals surface area contributed by atoms with Crippen molar-refractivity contribution in [3.63, 3.8) is 0 Å². The van der Waals surface area contributed by atoms with Gasteiger partial charge < -0.3 is 14.4 Å². The van der Waals surface area contributed by atoms with Crippen molar-refractivity contribution < 1.29 is 14.3 Å². The van der Waals surface area contributed by atoms with E-state index in [4.69, 9.17) is 9.47 Å². The molecule has 1 aliphatic heterocycles. The molecule has 0 spiro atoms. The maximum absolute atomic E-state index is 12.5. The normalized spacial score (nSPS) is 29.7. The van der Waals surface area contributed by atoms with Gasteiger partial charge in [-0.2, -0.15) is 0 Å². The molecule has 132 valence electrons. The largest absolute Gasteiger partial charge is 0.375 e. The van der Waals surface area contributed by atoms with Gasteiger partial charge >= 0.3 is 0 Å². The van der Waals surface area contributed by atoms with E-state index in [0.717, 1.165) is 43.1 Å². The van der Waals surface area contributed by atoms with Gasteiger partial charge in [-0.25, -0.2) is 4.98 Å². The standard InChI is InChI=1S/C18H26N2O3S/c1-12-19-15(11-24-12)10-22-9-14-6-16-17(7-14)23-5-4-20(16)18(21)8-13-2-3-13/h11,13-14,16-17H,2-10H2,1H3. The molecule has 1 amide bonds. The molecule has 0 bridgehead atoms. The smallest absolute Gasteiger partial charge is 0.223 e. The quantitative estimate of drug-likeness (QED) is 0.792. The van der Waals surface area contributed by atoms with Gasteiger partial charge in [0, 0.05) is 18.3 Å². The van der Waals surface area contributed by atoms with Crippen LogP contribution >= 0.6 is 11.3 Å². The first kappa shape index (κ1) is 16.5. The summed E-state index contributed by atoms with van der Waals surface area (Å²) in [6, 6.07) is 0.264. The van der Waals surface area contributed by atoms with Crippen LogP contribution in [-0.2, 0) is 20.9 Å². The summed E-state index contributed by atoms with van der Waals surface area (Å²) in [6.45, 7) is 4.78. The van der Waals surface area contributed by atoms with Gasteiger partial charge in [-0.1, -0.05) is 0 Å². The Hall–Kier alpha value is -0.980. The van der Waals surface area contributed by atoms with Crippen molar-refractivity contribution in [1.29, 1.82) is 0 Å². The molecule has 1 saturated heterocycles. The van der Waals surface area contributed by atoms with Crippen LogP contribution in [0, 0.1) is 18.8 Å². The molecule has 0 aromatic carbocycles. The van der Waals surface area contributed by atoms with Gasteiger partial charge in [-0.15, -0.1) is 11.3 Å². The zero-order valence-electron chi connectivity index (χ0n) is 14.3. The van der Waals surface area contributed by atoms with E-state index < -0.39 is 0 Å². The van der Waals surface area contributed by atoms with E-state index in [1.54, 1.807) is 11.3 Å². The number of amides is 1. The minimum atomic E-state index is 0.206. The summed E-state index contributed by atoms with van der Waals surface area (Å²) in [5.74, 6) is 1.48. The lowest BCUT2D eigenvalue weighted by atomic mass is 10.1. The molecule has 1 aromatic heterocycles. The first-order valence-electron chi connectivity index (χ1n) is 9.09. The number of carbonyl (C=O) groups excluding carboxylic acids is 1. The summed E-state index contributed by atoms with van der Waals surface area (Å²) in [5, 5.41) is 3.14. The Morgan fingerprint density at radius 3 is 3.04 bits per heavy atom. The van der Waals surface area contributed by atoms with Crippen molar-refractivity contribution >= 4 is 17.2 Å². The second-order valence-electron chi connectivity index (χ2n) is 7.42. The summed E-state index contributed by atoms with van der Waals surface area (Å²) >= 11 is 1.66. The fraction of sp³-hybridized carbons (Fsp3) is 0.778. The maximum Gasteiger partial charge on any atom is 0.223 e. The van der Waals surface area contributed by atoms with Crippen molar-refractivity contribution in [2.24, 2.45) is 11.8 Å². The number of carbonyl (C=O) groups is 1. The lowest BCUT2D eigenvalue weighted by Gasteiger charge is -2.37. The molecule has 5 nitrogen and oxygen atoms in total. The van der Waals surface area contributed by atoms with E-state index >= 15 is 0 Å². The number of nitrogens with zero attached hydrogens (tertiary/aromatic N) is 2. The first-order valence-corrected chi connectivity index (χ1v) is 9.97. The minimum Gasteiger partial charge on any atom is -0.375 e. The average molecular weight is 350 g/mol. The highest BCUT2D eigenvalue weighted by atomic mass is 32.1. The second-order valence-corrected chi connectivity index (χ2v) is 8.48. The molecule has 4 rings (SSSR count). The molecule has 3 fully saturated rings. The Balaban J connectivity index is 1.27. The monoisotopic (exact) mass is 350 g/mol. The molecule has 2 heterocycles. The van der Waals surface area contributed by atoms with Crippen LogP contribution < -0.4 is 0 Å². The average Bonchev–Trinajstić information content (AvgIpc) is 3.12. The lowest BCUT2D eigenvalue weighted by Crippen LogP contribution is -2.51. The van der Waals surface area contributed by atoms with Crippen LogP contribution in [0.5, 0.6) is 0 Å². The molecular formula is C18H26N2O3S. The molecule has 3 unspecified atom stereocenters. The van der Waals surface area contributed by atoms with Crippen molar-refractivity contribution in [2.45, 2.75) is 57.8 Å². The number of aryl methyl sites for hydroxylation is 1. The number of rotatable bonds is 6. The van der Waals surface area contributed by atoms with Gasteiger partial charge in [0.2, 0.25) is 5.91 Å². The van der Waals surface area contributed by atoms with Crippen LogP contribution in [0.4, 0.5) is 0 Å². The number of fused-ring (bicyclic) bond motifs is 1. The SMILES string of the molecule is Cc1nc(COCC2CC3OCCN(C(=O)CC4CC4)C3C2)cs1. The molecule has 24 heavy (non-hydrogen) atoms. The Kier molecular flexibility index (Phi) is 4.88. The van der Waals surface area contributed by atoms with Gasteiger partial charge in [0.05, 0.1) is 42.7 Å². The fourth-order valence-corrected chi connectivity index (χ4v) is 4.58. The van der Waals surface area contributed by atoms with Crippen LogP contribution in [0.25, 0.3) is 0 Å². The summed E-state index contributed by atoms with van der Waals surface area (Å²) in [5.41, 5.74) is 1.02. The summed E-state index contributed by atoms with van der Waals surface area (Å²) < 4.78 is 11.8. The molecule has 3 aliphatic rings. The molecule has 2 saturated carbocycles. The van der Waals surface area contributed by atoms with Crippen molar-refractivity contribution in [2.75, 3.05) is 19.8 Å². The molecule has 6 heteroatoms. The minimum absolute atomic E-state index is 0.206. The van der Waals surface area contributed by atoms with E-state index in [1.165, 1.54) is 12.8 Å². The van der Waals surface area contributed by atoms with Crippen molar-refractivity contribution in [3.8, 4) is 0 Å². The Bertz CT molecular complexity index is 587.